The first-order valence-electron chi connectivity index (χ1n) is 8.77. The Morgan fingerprint density at radius 3 is 2.15 bits per heavy atom. The van der Waals surface area contributed by atoms with Crippen molar-refractivity contribution >= 4 is 11.6 Å². The number of hydrogen-bond acceptors (Lipinski definition) is 2. The maximum atomic E-state index is 13.2. The van der Waals surface area contributed by atoms with Gasteiger partial charge < -0.3 is 10.1 Å². The second-order valence-corrected chi connectivity index (χ2v) is 7.37. The van der Waals surface area contributed by atoms with Crippen LogP contribution in [0.15, 0.2) is 72.8 Å². The predicted molar refractivity (Wildman–Crippen MR) is 106 cm³/mol. The normalized spacial score (nSPS) is 11.1. The molecule has 0 fully saturated rings. The third kappa shape index (κ3) is 4.94. The molecule has 4 heteroatoms. The summed E-state index contributed by atoms with van der Waals surface area (Å²) in [5.74, 6) is 0.460. The minimum absolute atomic E-state index is 0.0481. The van der Waals surface area contributed by atoms with E-state index in [4.69, 9.17) is 4.74 Å². The van der Waals surface area contributed by atoms with E-state index in [0.29, 0.717) is 22.7 Å². The van der Waals surface area contributed by atoms with Gasteiger partial charge in [0.15, 0.2) is 0 Å². The standard InChI is InChI=1S/C23H22FNO2/c1-23(2,3)17-9-7-16(8-10-17)22(26)25-19-11-13-20(14-12-19)27-21-6-4-5-18(24)15-21/h4-15H,1-3H3,(H,25,26). The molecular formula is C23H22FNO2. The Bertz CT molecular complexity index is 926. The topological polar surface area (TPSA) is 38.3 Å². The van der Waals surface area contributed by atoms with E-state index >= 15 is 0 Å². The van der Waals surface area contributed by atoms with Crippen LogP contribution >= 0.6 is 0 Å². The lowest BCUT2D eigenvalue weighted by Gasteiger charge is -2.19. The SMILES string of the molecule is CC(C)(C)c1ccc(C(=O)Nc2ccc(Oc3cccc(F)c3)cc2)cc1. The van der Waals surface area contributed by atoms with Crippen LogP contribution < -0.4 is 10.1 Å². The summed E-state index contributed by atoms with van der Waals surface area (Å²) >= 11 is 0. The second-order valence-electron chi connectivity index (χ2n) is 7.37. The van der Waals surface area contributed by atoms with Crippen LogP contribution in [0, 0.1) is 5.82 Å². The van der Waals surface area contributed by atoms with Crippen molar-refractivity contribution in [2.24, 2.45) is 0 Å². The number of halogens is 1. The van der Waals surface area contributed by atoms with Crippen LogP contribution in [0.3, 0.4) is 0 Å². The minimum Gasteiger partial charge on any atom is -0.457 e. The molecule has 0 saturated heterocycles. The molecule has 0 unspecified atom stereocenters. The summed E-state index contributed by atoms with van der Waals surface area (Å²) in [6, 6.07) is 20.5. The average molecular weight is 363 g/mol. The van der Waals surface area contributed by atoms with E-state index in [-0.39, 0.29) is 17.1 Å². The summed E-state index contributed by atoms with van der Waals surface area (Å²) in [6.45, 7) is 6.40. The lowest BCUT2D eigenvalue weighted by Crippen LogP contribution is -2.14. The fourth-order valence-corrected chi connectivity index (χ4v) is 2.60. The van der Waals surface area contributed by atoms with E-state index in [1.807, 2.05) is 24.3 Å². The molecule has 0 bridgehead atoms. The quantitative estimate of drug-likeness (QED) is 0.602. The van der Waals surface area contributed by atoms with Crippen LogP contribution in [0.2, 0.25) is 0 Å². The van der Waals surface area contributed by atoms with Crippen molar-refractivity contribution in [3.8, 4) is 11.5 Å². The third-order valence-electron chi connectivity index (χ3n) is 4.16. The third-order valence-corrected chi connectivity index (χ3v) is 4.16. The van der Waals surface area contributed by atoms with Gasteiger partial charge in [0.2, 0.25) is 0 Å². The summed E-state index contributed by atoms with van der Waals surface area (Å²) in [6.07, 6.45) is 0. The summed E-state index contributed by atoms with van der Waals surface area (Å²) in [5, 5.41) is 2.86. The zero-order valence-electron chi connectivity index (χ0n) is 15.6. The molecule has 0 aliphatic carbocycles. The van der Waals surface area contributed by atoms with Crippen LogP contribution in [0.5, 0.6) is 11.5 Å². The molecule has 0 spiro atoms. The lowest BCUT2D eigenvalue weighted by molar-refractivity contribution is 0.102. The fourth-order valence-electron chi connectivity index (χ4n) is 2.60. The number of ether oxygens (including phenoxy) is 1. The summed E-state index contributed by atoms with van der Waals surface area (Å²) in [7, 11) is 0. The van der Waals surface area contributed by atoms with Crippen LogP contribution in [0.25, 0.3) is 0 Å². The van der Waals surface area contributed by atoms with Gasteiger partial charge in [-0.05, 0) is 59.5 Å². The number of anilines is 1. The Balaban J connectivity index is 1.64. The first-order valence-corrected chi connectivity index (χ1v) is 8.77. The number of hydrogen-bond donors (Lipinski definition) is 1. The molecule has 1 N–H and O–H groups in total. The molecule has 27 heavy (non-hydrogen) atoms. The van der Waals surface area contributed by atoms with E-state index in [1.165, 1.54) is 17.7 Å². The highest BCUT2D eigenvalue weighted by Crippen LogP contribution is 2.25. The Hall–Kier alpha value is -3.14. The van der Waals surface area contributed by atoms with Gasteiger partial charge in [-0.3, -0.25) is 4.79 Å². The van der Waals surface area contributed by atoms with Crippen LogP contribution in [0.4, 0.5) is 10.1 Å². The molecule has 3 rings (SSSR count). The maximum absolute atomic E-state index is 13.2. The Morgan fingerprint density at radius 2 is 1.56 bits per heavy atom. The van der Waals surface area contributed by atoms with E-state index in [0.717, 1.165) is 0 Å². The van der Waals surface area contributed by atoms with Gasteiger partial charge in [0.1, 0.15) is 17.3 Å². The van der Waals surface area contributed by atoms with Gasteiger partial charge in [-0.15, -0.1) is 0 Å². The van der Waals surface area contributed by atoms with Gasteiger partial charge in [-0.2, -0.15) is 0 Å². The molecule has 3 aromatic carbocycles. The van der Waals surface area contributed by atoms with Crippen molar-refractivity contribution in [1.82, 2.24) is 0 Å². The van der Waals surface area contributed by atoms with Gasteiger partial charge in [-0.25, -0.2) is 4.39 Å². The van der Waals surface area contributed by atoms with E-state index in [2.05, 4.69) is 26.1 Å². The monoisotopic (exact) mass is 363 g/mol. The van der Waals surface area contributed by atoms with Crippen molar-refractivity contribution in [3.05, 3.63) is 89.7 Å². The lowest BCUT2D eigenvalue weighted by atomic mass is 9.87. The van der Waals surface area contributed by atoms with Crippen LogP contribution in [-0.4, -0.2) is 5.91 Å². The van der Waals surface area contributed by atoms with Gasteiger partial charge in [0.25, 0.3) is 5.91 Å². The highest BCUT2D eigenvalue weighted by atomic mass is 19.1. The number of benzene rings is 3. The van der Waals surface area contributed by atoms with Crippen molar-refractivity contribution in [2.75, 3.05) is 5.32 Å². The van der Waals surface area contributed by atoms with Crippen molar-refractivity contribution < 1.29 is 13.9 Å². The molecule has 1 amide bonds. The zero-order valence-corrected chi connectivity index (χ0v) is 15.6. The summed E-state index contributed by atoms with van der Waals surface area (Å²) in [5.41, 5.74) is 2.49. The average Bonchev–Trinajstić information content (AvgIpc) is 2.63. The van der Waals surface area contributed by atoms with Crippen molar-refractivity contribution in [3.63, 3.8) is 0 Å². The molecule has 138 valence electrons. The van der Waals surface area contributed by atoms with Crippen LogP contribution in [0.1, 0.15) is 36.7 Å². The molecule has 0 radical (unpaired) electrons. The smallest absolute Gasteiger partial charge is 0.255 e. The maximum Gasteiger partial charge on any atom is 0.255 e. The first-order chi connectivity index (χ1) is 12.8. The number of rotatable bonds is 4. The molecular weight excluding hydrogens is 341 g/mol. The molecule has 0 atom stereocenters. The predicted octanol–water partition coefficient (Wildman–Crippen LogP) is 6.17. The molecule has 0 aliphatic rings. The number of nitrogens with one attached hydrogen (secondary N) is 1. The molecule has 0 saturated carbocycles. The fraction of sp³-hybridized carbons (Fsp3) is 0.174. The first kappa shape index (κ1) is 18.6. The molecule has 0 heterocycles. The Morgan fingerprint density at radius 1 is 0.889 bits per heavy atom. The number of carbonyl (C=O) groups is 1. The Kier molecular flexibility index (Phi) is 5.26. The molecule has 3 nitrogen and oxygen atoms in total. The highest BCUT2D eigenvalue weighted by molar-refractivity contribution is 6.04. The zero-order chi connectivity index (χ0) is 19.4. The van der Waals surface area contributed by atoms with Gasteiger partial charge in [0.05, 0.1) is 0 Å². The van der Waals surface area contributed by atoms with E-state index < -0.39 is 0 Å². The molecule has 0 aromatic heterocycles. The largest absolute Gasteiger partial charge is 0.457 e. The van der Waals surface area contributed by atoms with Crippen LogP contribution in [-0.2, 0) is 5.41 Å². The van der Waals surface area contributed by atoms with Gasteiger partial charge in [0, 0.05) is 17.3 Å². The van der Waals surface area contributed by atoms with E-state index in [9.17, 15) is 9.18 Å². The summed E-state index contributed by atoms with van der Waals surface area (Å²) < 4.78 is 18.8. The number of amides is 1. The van der Waals surface area contributed by atoms with Crippen molar-refractivity contribution in [2.45, 2.75) is 26.2 Å². The summed E-state index contributed by atoms with van der Waals surface area (Å²) in [4.78, 5) is 12.4. The van der Waals surface area contributed by atoms with E-state index in [1.54, 1.807) is 36.4 Å². The molecule has 3 aromatic rings. The Labute approximate surface area is 158 Å². The van der Waals surface area contributed by atoms with Crippen molar-refractivity contribution in [1.29, 1.82) is 0 Å². The minimum atomic E-state index is -0.353. The highest BCUT2D eigenvalue weighted by Gasteiger charge is 2.14. The van der Waals surface area contributed by atoms with Gasteiger partial charge >= 0.3 is 0 Å². The second kappa shape index (κ2) is 7.62. The van der Waals surface area contributed by atoms with Gasteiger partial charge in [-0.1, -0.05) is 39.0 Å². The number of carbonyl (C=O) groups excluding carboxylic acids is 1. The molecule has 0 aliphatic heterocycles.